The van der Waals surface area contributed by atoms with Crippen molar-refractivity contribution >= 4 is 31.6 Å². The van der Waals surface area contributed by atoms with E-state index in [0.29, 0.717) is 18.8 Å². The van der Waals surface area contributed by atoms with Crippen molar-refractivity contribution in [1.82, 2.24) is 4.31 Å². The van der Waals surface area contributed by atoms with Crippen LogP contribution < -0.4 is 15.2 Å². The normalized spacial score (nSPS) is 15.4. The number of nitrogens with zero attached hydrogens (tertiary/aromatic N) is 1. The van der Waals surface area contributed by atoms with Crippen LogP contribution in [0.1, 0.15) is 5.56 Å². The van der Waals surface area contributed by atoms with E-state index in [1.54, 1.807) is 6.07 Å². The molecule has 1 saturated heterocycles. The Labute approximate surface area is 181 Å². The third kappa shape index (κ3) is 5.60. The van der Waals surface area contributed by atoms with Crippen molar-refractivity contribution < 1.29 is 31.1 Å². The van der Waals surface area contributed by atoms with Crippen LogP contribution in [0.2, 0.25) is 0 Å². The molecule has 3 N–H and O–H groups in total. The highest BCUT2D eigenvalue weighted by Crippen LogP contribution is 2.28. The third-order valence-corrected chi connectivity index (χ3v) is 7.46. The number of hydrogen-bond acceptors (Lipinski definition) is 7. The lowest BCUT2D eigenvalue weighted by atomic mass is 10.1. The van der Waals surface area contributed by atoms with Crippen molar-refractivity contribution in [2.24, 2.45) is 5.14 Å². The van der Waals surface area contributed by atoms with E-state index in [-0.39, 0.29) is 40.7 Å². The summed E-state index contributed by atoms with van der Waals surface area (Å²) in [7, 11) is -6.36. The lowest BCUT2D eigenvalue weighted by molar-refractivity contribution is -0.115. The van der Waals surface area contributed by atoms with Crippen LogP contribution in [0.4, 0.5) is 5.69 Å². The second kappa shape index (κ2) is 9.32. The van der Waals surface area contributed by atoms with Gasteiger partial charge >= 0.3 is 0 Å². The summed E-state index contributed by atoms with van der Waals surface area (Å²) in [6.45, 7) is 1.08. The number of amides is 1. The Bertz CT molecular complexity index is 1170. The number of benzene rings is 2. The number of ether oxygens (including phenoxy) is 2. The average Bonchev–Trinajstić information content (AvgIpc) is 2.74. The van der Waals surface area contributed by atoms with E-state index in [0.717, 1.165) is 0 Å². The van der Waals surface area contributed by atoms with E-state index >= 15 is 0 Å². The van der Waals surface area contributed by atoms with Gasteiger partial charge in [0.2, 0.25) is 26.0 Å². The van der Waals surface area contributed by atoms with Gasteiger partial charge in [-0.3, -0.25) is 4.79 Å². The molecule has 10 nitrogen and oxygen atoms in total. The molecule has 0 atom stereocenters. The van der Waals surface area contributed by atoms with Crippen LogP contribution in [0.5, 0.6) is 5.75 Å². The number of carbonyl (C=O) groups is 1. The van der Waals surface area contributed by atoms with Crippen LogP contribution >= 0.6 is 0 Å². The number of hydrogen-bond donors (Lipinski definition) is 2. The number of primary sulfonamides is 1. The van der Waals surface area contributed by atoms with Gasteiger partial charge in [0.05, 0.1) is 31.6 Å². The molecule has 3 rings (SSSR count). The minimum absolute atomic E-state index is 0.0292. The van der Waals surface area contributed by atoms with Crippen molar-refractivity contribution in [3.63, 3.8) is 0 Å². The first-order valence-electron chi connectivity index (χ1n) is 9.29. The molecular formula is C19H23N3O7S2. The maximum atomic E-state index is 13.0. The Balaban J connectivity index is 1.81. The molecule has 0 aromatic heterocycles. The minimum atomic E-state index is -3.91. The predicted molar refractivity (Wildman–Crippen MR) is 113 cm³/mol. The smallest absolute Gasteiger partial charge is 0.246 e. The Kier molecular flexibility index (Phi) is 6.96. The average molecular weight is 470 g/mol. The zero-order valence-electron chi connectivity index (χ0n) is 16.8. The van der Waals surface area contributed by atoms with Gasteiger partial charge in [0.25, 0.3) is 0 Å². The lowest BCUT2D eigenvalue weighted by Gasteiger charge is -2.26. The fraction of sp³-hybridized carbons (Fsp3) is 0.316. The summed E-state index contributed by atoms with van der Waals surface area (Å²) < 4.78 is 60.8. The minimum Gasteiger partial charge on any atom is -0.495 e. The van der Waals surface area contributed by atoms with Crippen LogP contribution in [0.25, 0.3) is 0 Å². The maximum absolute atomic E-state index is 13.0. The van der Waals surface area contributed by atoms with Gasteiger partial charge in [0.1, 0.15) is 10.6 Å². The number of nitrogens with one attached hydrogen (secondary N) is 1. The summed E-state index contributed by atoms with van der Waals surface area (Å²) in [5, 5.41) is 7.69. The first-order chi connectivity index (χ1) is 14.6. The van der Waals surface area contributed by atoms with Crippen molar-refractivity contribution in [3.05, 3.63) is 48.0 Å². The summed E-state index contributed by atoms with van der Waals surface area (Å²) >= 11 is 0. The van der Waals surface area contributed by atoms with E-state index in [4.69, 9.17) is 14.6 Å². The van der Waals surface area contributed by atoms with Gasteiger partial charge in [0, 0.05) is 18.8 Å². The first kappa shape index (κ1) is 23.2. The molecule has 12 heteroatoms. The lowest BCUT2D eigenvalue weighted by Crippen LogP contribution is -2.40. The highest BCUT2D eigenvalue weighted by Gasteiger charge is 2.29. The molecule has 168 valence electrons. The van der Waals surface area contributed by atoms with Gasteiger partial charge < -0.3 is 14.8 Å². The number of rotatable bonds is 7. The Morgan fingerprint density at radius 2 is 1.84 bits per heavy atom. The van der Waals surface area contributed by atoms with Gasteiger partial charge in [0.15, 0.2) is 0 Å². The second-order valence-electron chi connectivity index (χ2n) is 6.80. The maximum Gasteiger partial charge on any atom is 0.246 e. The molecule has 1 aliphatic heterocycles. The zero-order chi connectivity index (χ0) is 22.6. The molecule has 1 fully saturated rings. The fourth-order valence-corrected chi connectivity index (χ4v) is 5.27. The van der Waals surface area contributed by atoms with Crippen LogP contribution in [-0.2, 0) is 36.0 Å². The monoisotopic (exact) mass is 469 g/mol. The Morgan fingerprint density at radius 3 is 2.48 bits per heavy atom. The van der Waals surface area contributed by atoms with Crippen molar-refractivity contribution in [2.45, 2.75) is 16.2 Å². The van der Waals surface area contributed by atoms with E-state index in [1.165, 1.54) is 47.8 Å². The number of nitrogens with two attached hydrogens (primary N) is 1. The molecular weight excluding hydrogens is 446 g/mol. The fourth-order valence-electron chi connectivity index (χ4n) is 3.10. The SMILES string of the molecule is COc1ccc(CC(=O)Nc2cccc(S(N)(=O)=O)c2)cc1S(=O)(=O)N1CCOCC1. The molecule has 0 radical (unpaired) electrons. The summed E-state index contributed by atoms with van der Waals surface area (Å²) in [4.78, 5) is 12.3. The molecule has 0 unspecified atom stereocenters. The van der Waals surface area contributed by atoms with Gasteiger partial charge in [-0.1, -0.05) is 12.1 Å². The number of morpholine rings is 1. The highest BCUT2D eigenvalue weighted by molar-refractivity contribution is 7.89. The number of sulfonamides is 2. The summed E-state index contributed by atoms with van der Waals surface area (Å²) in [6, 6.07) is 10.0. The Hall–Kier alpha value is -2.51. The molecule has 0 aliphatic carbocycles. The number of methoxy groups -OCH3 is 1. The Morgan fingerprint density at radius 1 is 1.13 bits per heavy atom. The standard InChI is InChI=1S/C19H23N3O7S2/c1-28-17-6-5-14(11-18(17)31(26,27)22-7-9-29-10-8-22)12-19(23)21-15-3-2-4-16(13-15)30(20,24)25/h2-6,11,13H,7-10,12H2,1H3,(H,21,23)(H2,20,24,25). The molecule has 2 aromatic rings. The van der Waals surface area contributed by atoms with Crippen LogP contribution in [0.15, 0.2) is 52.3 Å². The number of anilines is 1. The van der Waals surface area contributed by atoms with E-state index in [1.807, 2.05) is 0 Å². The molecule has 0 spiro atoms. The summed E-state index contributed by atoms with van der Waals surface area (Å²) in [6.07, 6.45) is -0.130. The van der Waals surface area contributed by atoms with Crippen molar-refractivity contribution in [1.29, 1.82) is 0 Å². The van der Waals surface area contributed by atoms with Crippen LogP contribution in [0.3, 0.4) is 0 Å². The molecule has 1 aliphatic rings. The van der Waals surface area contributed by atoms with Crippen LogP contribution in [0, 0.1) is 0 Å². The number of carbonyl (C=O) groups excluding carboxylic acids is 1. The van der Waals surface area contributed by atoms with E-state index in [2.05, 4.69) is 5.32 Å². The third-order valence-electron chi connectivity index (χ3n) is 4.63. The molecule has 2 aromatic carbocycles. The van der Waals surface area contributed by atoms with Gasteiger partial charge in [-0.25, -0.2) is 22.0 Å². The van der Waals surface area contributed by atoms with Gasteiger partial charge in [-0.05, 0) is 35.9 Å². The largest absolute Gasteiger partial charge is 0.495 e. The zero-order valence-corrected chi connectivity index (χ0v) is 18.4. The summed E-state index contributed by atoms with van der Waals surface area (Å²) in [5.41, 5.74) is 0.707. The predicted octanol–water partition coefficient (Wildman–Crippen LogP) is 0.545. The summed E-state index contributed by atoms with van der Waals surface area (Å²) in [5.74, 6) is -0.275. The van der Waals surface area contributed by atoms with Gasteiger partial charge in [-0.15, -0.1) is 0 Å². The van der Waals surface area contributed by atoms with Crippen molar-refractivity contribution in [2.75, 3.05) is 38.7 Å². The molecule has 0 bridgehead atoms. The first-order valence-corrected chi connectivity index (χ1v) is 12.3. The topological polar surface area (TPSA) is 145 Å². The van der Waals surface area contributed by atoms with Crippen molar-refractivity contribution in [3.8, 4) is 5.75 Å². The van der Waals surface area contributed by atoms with E-state index in [9.17, 15) is 21.6 Å². The van der Waals surface area contributed by atoms with Gasteiger partial charge in [-0.2, -0.15) is 4.31 Å². The second-order valence-corrected chi connectivity index (χ2v) is 10.3. The molecule has 0 saturated carbocycles. The molecule has 1 heterocycles. The highest BCUT2D eigenvalue weighted by atomic mass is 32.2. The van der Waals surface area contributed by atoms with Crippen LogP contribution in [-0.4, -0.2) is 60.5 Å². The molecule has 31 heavy (non-hydrogen) atoms. The molecule has 1 amide bonds. The van der Waals surface area contributed by atoms with E-state index < -0.39 is 26.0 Å². The quantitative estimate of drug-likeness (QED) is 0.602.